The molecule has 3 rings (SSSR count). The van der Waals surface area contributed by atoms with Crippen molar-refractivity contribution in [2.24, 2.45) is 5.92 Å². The number of hydrogen-bond acceptors (Lipinski definition) is 3. The molecule has 4 nitrogen and oxygen atoms in total. The Labute approximate surface area is 146 Å². The summed E-state index contributed by atoms with van der Waals surface area (Å²) in [5, 5.41) is 4.93. The van der Waals surface area contributed by atoms with Crippen LogP contribution >= 0.6 is 11.3 Å². The maximum Gasteiger partial charge on any atom is 0.263 e. The molecule has 2 amide bonds. The monoisotopic (exact) mass is 342 g/mol. The molecule has 1 atom stereocenters. The number of piperidine rings is 1. The minimum Gasteiger partial charge on any atom is -0.355 e. The SMILES string of the molecule is O=C(NCCc1ccccc1)C1CCCN(C(=O)c2cccs2)C1. The van der Waals surface area contributed by atoms with Crippen molar-refractivity contribution < 1.29 is 9.59 Å². The van der Waals surface area contributed by atoms with Gasteiger partial charge < -0.3 is 10.2 Å². The molecule has 0 aliphatic carbocycles. The lowest BCUT2D eigenvalue weighted by atomic mass is 9.97. The second kappa shape index (κ2) is 8.11. The van der Waals surface area contributed by atoms with Crippen LogP contribution in [0.25, 0.3) is 0 Å². The fraction of sp³-hybridized carbons (Fsp3) is 0.368. The Bertz CT molecular complexity index is 670. The molecule has 0 bridgehead atoms. The Morgan fingerprint density at radius 3 is 2.75 bits per heavy atom. The number of nitrogens with one attached hydrogen (secondary N) is 1. The average Bonchev–Trinajstić information content (AvgIpc) is 3.16. The van der Waals surface area contributed by atoms with E-state index in [1.54, 1.807) is 0 Å². The number of thiophene rings is 1. The van der Waals surface area contributed by atoms with E-state index < -0.39 is 0 Å². The zero-order valence-corrected chi connectivity index (χ0v) is 14.4. The fourth-order valence-corrected chi connectivity index (χ4v) is 3.74. The fourth-order valence-electron chi connectivity index (χ4n) is 3.05. The first-order valence-corrected chi connectivity index (χ1v) is 9.26. The van der Waals surface area contributed by atoms with Gasteiger partial charge in [-0.1, -0.05) is 36.4 Å². The summed E-state index contributed by atoms with van der Waals surface area (Å²) in [7, 11) is 0. The van der Waals surface area contributed by atoms with Crippen molar-refractivity contribution in [3.63, 3.8) is 0 Å². The summed E-state index contributed by atoms with van der Waals surface area (Å²) in [6.07, 6.45) is 2.57. The van der Waals surface area contributed by atoms with Crippen LogP contribution in [-0.2, 0) is 11.2 Å². The summed E-state index contributed by atoms with van der Waals surface area (Å²) in [6.45, 7) is 1.90. The molecule has 1 fully saturated rings. The van der Waals surface area contributed by atoms with E-state index >= 15 is 0 Å². The third kappa shape index (κ3) is 4.23. The number of likely N-dealkylation sites (tertiary alicyclic amines) is 1. The maximum absolute atomic E-state index is 12.4. The van der Waals surface area contributed by atoms with Crippen molar-refractivity contribution in [3.05, 3.63) is 58.3 Å². The Kier molecular flexibility index (Phi) is 5.64. The first kappa shape index (κ1) is 16.7. The standard InChI is InChI=1S/C19H22N2O2S/c22-18(20-11-10-15-6-2-1-3-7-15)16-8-4-12-21(14-16)19(23)17-9-5-13-24-17/h1-3,5-7,9,13,16H,4,8,10-12,14H2,(H,20,22). The number of carbonyl (C=O) groups excluding carboxylic acids is 2. The summed E-state index contributed by atoms with van der Waals surface area (Å²) in [5.74, 6) is 0.0137. The normalized spacial score (nSPS) is 17.5. The van der Waals surface area contributed by atoms with E-state index in [2.05, 4.69) is 17.4 Å². The van der Waals surface area contributed by atoms with E-state index in [0.717, 1.165) is 30.7 Å². The molecule has 0 spiro atoms. The number of rotatable bonds is 5. The zero-order valence-electron chi connectivity index (χ0n) is 13.6. The summed E-state index contributed by atoms with van der Waals surface area (Å²) in [5.41, 5.74) is 1.22. The van der Waals surface area contributed by atoms with E-state index in [1.165, 1.54) is 16.9 Å². The highest BCUT2D eigenvalue weighted by Crippen LogP contribution is 2.20. The van der Waals surface area contributed by atoms with Crippen LogP contribution in [0.3, 0.4) is 0 Å². The molecule has 1 aliphatic rings. The Balaban J connectivity index is 1.49. The molecule has 1 N–H and O–H groups in total. The van der Waals surface area contributed by atoms with Crippen LogP contribution < -0.4 is 5.32 Å². The second-order valence-electron chi connectivity index (χ2n) is 6.09. The van der Waals surface area contributed by atoms with Gasteiger partial charge in [-0.25, -0.2) is 0 Å². The van der Waals surface area contributed by atoms with Gasteiger partial charge in [0.1, 0.15) is 0 Å². The van der Waals surface area contributed by atoms with Crippen LogP contribution in [0, 0.1) is 5.92 Å². The zero-order chi connectivity index (χ0) is 16.8. The van der Waals surface area contributed by atoms with Gasteiger partial charge in [-0.05, 0) is 36.3 Å². The molecular formula is C19H22N2O2S. The molecule has 2 heterocycles. The lowest BCUT2D eigenvalue weighted by molar-refractivity contribution is -0.126. The highest BCUT2D eigenvalue weighted by Gasteiger charge is 2.28. The van der Waals surface area contributed by atoms with E-state index in [-0.39, 0.29) is 17.7 Å². The van der Waals surface area contributed by atoms with Crippen molar-refractivity contribution >= 4 is 23.2 Å². The van der Waals surface area contributed by atoms with Gasteiger partial charge in [0, 0.05) is 19.6 Å². The van der Waals surface area contributed by atoms with E-state index in [4.69, 9.17) is 0 Å². The van der Waals surface area contributed by atoms with Gasteiger partial charge >= 0.3 is 0 Å². The number of nitrogens with zero attached hydrogens (tertiary/aromatic N) is 1. The number of amides is 2. The van der Waals surface area contributed by atoms with Crippen LogP contribution in [0.15, 0.2) is 47.8 Å². The first-order valence-electron chi connectivity index (χ1n) is 8.38. The molecule has 24 heavy (non-hydrogen) atoms. The summed E-state index contributed by atoms with van der Waals surface area (Å²) in [6, 6.07) is 13.9. The second-order valence-corrected chi connectivity index (χ2v) is 7.04. The molecule has 1 aromatic carbocycles. The minimum absolute atomic E-state index is 0.0479. The van der Waals surface area contributed by atoms with Gasteiger partial charge in [0.15, 0.2) is 0 Å². The van der Waals surface area contributed by atoms with E-state index in [9.17, 15) is 9.59 Å². The van der Waals surface area contributed by atoms with Crippen LogP contribution in [0.2, 0.25) is 0 Å². The molecular weight excluding hydrogens is 320 g/mol. The number of benzene rings is 1. The molecule has 1 aromatic heterocycles. The van der Waals surface area contributed by atoms with Crippen LogP contribution in [0.1, 0.15) is 28.1 Å². The molecule has 0 saturated carbocycles. The topological polar surface area (TPSA) is 49.4 Å². The van der Waals surface area contributed by atoms with Crippen molar-refractivity contribution in [3.8, 4) is 0 Å². The Hall–Kier alpha value is -2.14. The quantitative estimate of drug-likeness (QED) is 0.908. The van der Waals surface area contributed by atoms with E-state index in [1.807, 2.05) is 40.6 Å². The highest BCUT2D eigenvalue weighted by atomic mass is 32.1. The van der Waals surface area contributed by atoms with Gasteiger partial charge in [-0.2, -0.15) is 0 Å². The van der Waals surface area contributed by atoms with Crippen molar-refractivity contribution in [1.82, 2.24) is 10.2 Å². The van der Waals surface area contributed by atoms with Crippen LogP contribution in [-0.4, -0.2) is 36.3 Å². The van der Waals surface area contributed by atoms with Gasteiger partial charge in [0.05, 0.1) is 10.8 Å². The maximum atomic E-state index is 12.4. The Morgan fingerprint density at radius 1 is 1.17 bits per heavy atom. The largest absolute Gasteiger partial charge is 0.355 e. The molecule has 126 valence electrons. The average molecular weight is 342 g/mol. The van der Waals surface area contributed by atoms with Crippen molar-refractivity contribution in [2.75, 3.05) is 19.6 Å². The summed E-state index contributed by atoms with van der Waals surface area (Å²) in [4.78, 5) is 27.4. The molecule has 1 unspecified atom stereocenters. The predicted molar refractivity (Wildman–Crippen MR) is 96.1 cm³/mol. The third-order valence-corrected chi connectivity index (χ3v) is 5.22. The first-order chi connectivity index (χ1) is 11.7. The lowest BCUT2D eigenvalue weighted by Gasteiger charge is -2.31. The smallest absolute Gasteiger partial charge is 0.263 e. The minimum atomic E-state index is -0.0987. The Morgan fingerprint density at radius 2 is 2.00 bits per heavy atom. The molecule has 1 saturated heterocycles. The molecule has 5 heteroatoms. The summed E-state index contributed by atoms with van der Waals surface area (Å²) < 4.78 is 0. The van der Waals surface area contributed by atoms with Gasteiger partial charge in [-0.3, -0.25) is 9.59 Å². The van der Waals surface area contributed by atoms with Gasteiger partial charge in [-0.15, -0.1) is 11.3 Å². The van der Waals surface area contributed by atoms with E-state index in [0.29, 0.717) is 13.1 Å². The predicted octanol–water partition coefficient (Wildman–Crippen LogP) is 2.96. The van der Waals surface area contributed by atoms with Crippen molar-refractivity contribution in [1.29, 1.82) is 0 Å². The number of carbonyl (C=O) groups is 2. The third-order valence-electron chi connectivity index (χ3n) is 4.37. The number of hydrogen-bond donors (Lipinski definition) is 1. The van der Waals surface area contributed by atoms with Gasteiger partial charge in [0.25, 0.3) is 5.91 Å². The summed E-state index contributed by atoms with van der Waals surface area (Å²) >= 11 is 1.45. The van der Waals surface area contributed by atoms with Gasteiger partial charge in [0.2, 0.25) is 5.91 Å². The molecule has 2 aromatic rings. The molecule has 0 radical (unpaired) electrons. The lowest BCUT2D eigenvalue weighted by Crippen LogP contribution is -2.45. The highest BCUT2D eigenvalue weighted by molar-refractivity contribution is 7.12. The van der Waals surface area contributed by atoms with Crippen LogP contribution in [0.4, 0.5) is 0 Å². The molecule has 1 aliphatic heterocycles. The van der Waals surface area contributed by atoms with Crippen LogP contribution in [0.5, 0.6) is 0 Å². The van der Waals surface area contributed by atoms with Crippen molar-refractivity contribution in [2.45, 2.75) is 19.3 Å².